The fourth-order valence-corrected chi connectivity index (χ4v) is 1.84. The summed E-state index contributed by atoms with van der Waals surface area (Å²) in [6, 6.07) is 0. The Bertz CT molecular complexity index is 421. The average molecular weight is 221 g/mol. The molecule has 0 aliphatic rings. The topological polar surface area (TPSA) is 40.5 Å². The zero-order valence-corrected chi connectivity index (χ0v) is 10.8. The molecule has 0 aliphatic carbocycles. The van der Waals surface area contributed by atoms with Crippen molar-refractivity contribution >= 4 is 11.6 Å². The van der Waals surface area contributed by atoms with Crippen LogP contribution in [0.15, 0.2) is 0 Å². The molecule has 3 nitrogen and oxygen atoms in total. The third-order valence-corrected chi connectivity index (χ3v) is 3.43. The van der Waals surface area contributed by atoms with Gasteiger partial charge in [0.25, 0.3) is 0 Å². The van der Waals surface area contributed by atoms with Gasteiger partial charge >= 0.3 is 0 Å². The Morgan fingerprint density at radius 3 is 1.88 bits per heavy atom. The highest BCUT2D eigenvalue weighted by Crippen LogP contribution is 2.38. The number of nitrogens with zero attached hydrogens (tertiary/aromatic N) is 1. The zero-order chi connectivity index (χ0) is 12.6. The molecule has 0 saturated heterocycles. The van der Waals surface area contributed by atoms with Crippen molar-refractivity contribution in [2.24, 2.45) is 0 Å². The van der Waals surface area contributed by atoms with E-state index >= 15 is 0 Å². The largest absolute Gasteiger partial charge is 0.505 e. The van der Waals surface area contributed by atoms with Gasteiger partial charge < -0.3 is 10.0 Å². The monoisotopic (exact) mass is 221 g/mol. The van der Waals surface area contributed by atoms with E-state index < -0.39 is 0 Å². The molecule has 1 amide bonds. The highest BCUT2D eigenvalue weighted by atomic mass is 16.3. The summed E-state index contributed by atoms with van der Waals surface area (Å²) in [6.45, 7) is 9.28. The molecule has 1 aromatic rings. The highest BCUT2D eigenvalue weighted by molar-refractivity contribution is 5.94. The van der Waals surface area contributed by atoms with Gasteiger partial charge in [-0.05, 0) is 49.9 Å². The smallest absolute Gasteiger partial charge is 0.223 e. The second-order valence-corrected chi connectivity index (χ2v) is 4.28. The molecule has 0 aromatic heterocycles. The molecule has 16 heavy (non-hydrogen) atoms. The quantitative estimate of drug-likeness (QED) is 0.792. The number of carbonyl (C=O) groups excluding carboxylic acids is 1. The first-order valence-corrected chi connectivity index (χ1v) is 5.32. The van der Waals surface area contributed by atoms with Gasteiger partial charge in [-0.3, -0.25) is 4.79 Å². The standard InChI is InChI=1S/C13H19NO2/c1-7-8(2)10(4)13(16)12(9(7)3)14(6)11(5)15/h16H,1-6H3. The van der Waals surface area contributed by atoms with Gasteiger partial charge in [0, 0.05) is 14.0 Å². The van der Waals surface area contributed by atoms with Gasteiger partial charge in [-0.15, -0.1) is 0 Å². The fourth-order valence-electron chi connectivity index (χ4n) is 1.84. The molecule has 3 heteroatoms. The van der Waals surface area contributed by atoms with Gasteiger partial charge in [0.05, 0.1) is 5.69 Å². The number of amides is 1. The van der Waals surface area contributed by atoms with Crippen molar-refractivity contribution in [2.45, 2.75) is 34.6 Å². The van der Waals surface area contributed by atoms with E-state index in [9.17, 15) is 9.90 Å². The van der Waals surface area contributed by atoms with Crippen LogP contribution >= 0.6 is 0 Å². The molecule has 0 heterocycles. The summed E-state index contributed by atoms with van der Waals surface area (Å²) >= 11 is 0. The molecule has 88 valence electrons. The Hall–Kier alpha value is -1.51. The number of benzene rings is 1. The van der Waals surface area contributed by atoms with Crippen molar-refractivity contribution < 1.29 is 9.90 Å². The second kappa shape index (κ2) is 4.16. The maximum Gasteiger partial charge on any atom is 0.223 e. The lowest BCUT2D eigenvalue weighted by atomic mass is 9.96. The summed E-state index contributed by atoms with van der Waals surface area (Å²) in [5.41, 5.74) is 4.62. The van der Waals surface area contributed by atoms with E-state index in [0.29, 0.717) is 5.69 Å². The third-order valence-electron chi connectivity index (χ3n) is 3.43. The SMILES string of the molecule is CC(=O)N(C)c1c(C)c(C)c(C)c(C)c1O. The molecule has 0 spiro atoms. The van der Waals surface area contributed by atoms with Crippen LogP contribution in [0.1, 0.15) is 29.2 Å². The van der Waals surface area contributed by atoms with Crippen molar-refractivity contribution in [3.63, 3.8) is 0 Å². The Morgan fingerprint density at radius 2 is 1.44 bits per heavy atom. The van der Waals surface area contributed by atoms with Gasteiger partial charge in [-0.1, -0.05) is 0 Å². The first-order valence-electron chi connectivity index (χ1n) is 5.32. The molecule has 1 rings (SSSR count). The number of anilines is 1. The third kappa shape index (κ3) is 1.77. The van der Waals surface area contributed by atoms with Gasteiger partial charge in [0.2, 0.25) is 5.91 Å². The van der Waals surface area contributed by atoms with Crippen LogP contribution in [-0.2, 0) is 4.79 Å². The predicted molar refractivity (Wildman–Crippen MR) is 66.1 cm³/mol. The molecule has 0 bridgehead atoms. The first kappa shape index (κ1) is 12.6. The van der Waals surface area contributed by atoms with Crippen molar-refractivity contribution in [1.82, 2.24) is 0 Å². The highest BCUT2D eigenvalue weighted by Gasteiger charge is 2.19. The Kier molecular flexibility index (Phi) is 3.27. The van der Waals surface area contributed by atoms with E-state index in [2.05, 4.69) is 0 Å². The fraction of sp³-hybridized carbons (Fsp3) is 0.462. The van der Waals surface area contributed by atoms with Crippen LogP contribution < -0.4 is 4.90 Å². The molecule has 1 aromatic carbocycles. The lowest BCUT2D eigenvalue weighted by molar-refractivity contribution is -0.116. The summed E-state index contributed by atoms with van der Waals surface area (Å²) in [5.74, 6) is 0.124. The van der Waals surface area contributed by atoms with Gasteiger partial charge in [-0.25, -0.2) is 0 Å². The Balaban J connectivity index is 3.57. The normalized spacial score (nSPS) is 10.4. The number of rotatable bonds is 1. The molecule has 0 aliphatic heterocycles. The van der Waals surface area contributed by atoms with E-state index in [0.717, 1.165) is 22.3 Å². The van der Waals surface area contributed by atoms with Gasteiger partial charge in [0.1, 0.15) is 5.75 Å². The summed E-state index contributed by atoms with van der Waals surface area (Å²) < 4.78 is 0. The summed E-state index contributed by atoms with van der Waals surface area (Å²) in [7, 11) is 1.68. The zero-order valence-electron chi connectivity index (χ0n) is 10.8. The number of phenols is 1. The molecule has 0 unspecified atom stereocenters. The first-order chi connectivity index (χ1) is 7.29. The van der Waals surface area contributed by atoms with Crippen LogP contribution in [-0.4, -0.2) is 18.1 Å². The predicted octanol–water partition coefficient (Wildman–Crippen LogP) is 2.61. The minimum atomic E-state index is -0.0824. The van der Waals surface area contributed by atoms with Gasteiger partial charge in [-0.2, -0.15) is 0 Å². The number of carbonyl (C=O) groups is 1. The maximum absolute atomic E-state index is 11.4. The molecule has 0 saturated carbocycles. The second-order valence-electron chi connectivity index (χ2n) is 4.28. The lowest BCUT2D eigenvalue weighted by Gasteiger charge is -2.23. The molecular weight excluding hydrogens is 202 g/mol. The maximum atomic E-state index is 11.4. The van der Waals surface area contributed by atoms with Gasteiger partial charge in [0.15, 0.2) is 0 Å². The number of hydrogen-bond acceptors (Lipinski definition) is 2. The molecule has 0 atom stereocenters. The van der Waals surface area contributed by atoms with Crippen LogP contribution in [0.5, 0.6) is 5.75 Å². The van der Waals surface area contributed by atoms with Crippen molar-refractivity contribution in [3.05, 3.63) is 22.3 Å². The van der Waals surface area contributed by atoms with Crippen molar-refractivity contribution in [1.29, 1.82) is 0 Å². The molecule has 1 N–H and O–H groups in total. The van der Waals surface area contributed by atoms with E-state index in [1.165, 1.54) is 11.8 Å². The van der Waals surface area contributed by atoms with Crippen LogP contribution in [0.25, 0.3) is 0 Å². The minimum Gasteiger partial charge on any atom is -0.505 e. The lowest BCUT2D eigenvalue weighted by Crippen LogP contribution is -2.24. The van der Waals surface area contributed by atoms with E-state index in [1.54, 1.807) is 7.05 Å². The minimum absolute atomic E-state index is 0.0824. The Morgan fingerprint density at radius 1 is 1.00 bits per heavy atom. The number of aromatic hydroxyl groups is 1. The number of hydrogen-bond donors (Lipinski definition) is 1. The average Bonchev–Trinajstić information content (AvgIpc) is 2.23. The molecule has 0 fully saturated rings. The summed E-state index contributed by atoms with van der Waals surface area (Å²) in [5, 5.41) is 10.1. The number of phenolic OH excluding ortho intramolecular Hbond substituents is 1. The van der Waals surface area contributed by atoms with Crippen LogP contribution in [0, 0.1) is 27.7 Å². The van der Waals surface area contributed by atoms with Crippen LogP contribution in [0.3, 0.4) is 0 Å². The van der Waals surface area contributed by atoms with E-state index in [4.69, 9.17) is 0 Å². The summed E-state index contributed by atoms with van der Waals surface area (Å²) in [6.07, 6.45) is 0. The summed E-state index contributed by atoms with van der Waals surface area (Å²) in [4.78, 5) is 12.9. The van der Waals surface area contributed by atoms with E-state index in [1.807, 2.05) is 27.7 Å². The van der Waals surface area contributed by atoms with Crippen molar-refractivity contribution in [2.75, 3.05) is 11.9 Å². The van der Waals surface area contributed by atoms with E-state index in [-0.39, 0.29) is 11.7 Å². The van der Waals surface area contributed by atoms with Crippen LogP contribution in [0.2, 0.25) is 0 Å². The Labute approximate surface area is 96.7 Å². The molecule has 0 radical (unpaired) electrons. The van der Waals surface area contributed by atoms with Crippen molar-refractivity contribution in [3.8, 4) is 5.75 Å². The van der Waals surface area contributed by atoms with Crippen LogP contribution in [0.4, 0.5) is 5.69 Å². The molecular formula is C13H19NO2.